The zero-order chi connectivity index (χ0) is 15.5. The summed E-state index contributed by atoms with van der Waals surface area (Å²) >= 11 is 3.25. The van der Waals surface area contributed by atoms with Gasteiger partial charge in [0.2, 0.25) is 0 Å². The van der Waals surface area contributed by atoms with Gasteiger partial charge in [-0.25, -0.2) is 13.4 Å². The summed E-state index contributed by atoms with van der Waals surface area (Å²) in [6.45, 7) is 1.95. The van der Waals surface area contributed by atoms with Crippen LogP contribution in [0.5, 0.6) is 0 Å². The van der Waals surface area contributed by atoms with Crippen molar-refractivity contribution in [2.45, 2.75) is 24.3 Å². The second kappa shape index (κ2) is 6.55. The van der Waals surface area contributed by atoms with Gasteiger partial charge in [-0.05, 0) is 52.2 Å². The molecule has 1 aromatic carbocycles. The van der Waals surface area contributed by atoms with Crippen LogP contribution in [0.3, 0.4) is 0 Å². The number of sulfonamides is 1. The Balaban J connectivity index is 2.29. The van der Waals surface area contributed by atoms with Crippen molar-refractivity contribution in [1.82, 2.24) is 4.98 Å². The van der Waals surface area contributed by atoms with Crippen LogP contribution in [0.1, 0.15) is 24.9 Å². The lowest BCUT2D eigenvalue weighted by Gasteiger charge is -2.12. The largest absolute Gasteiger partial charge is 0.324 e. The van der Waals surface area contributed by atoms with Gasteiger partial charge in [-0.2, -0.15) is 0 Å². The van der Waals surface area contributed by atoms with Crippen molar-refractivity contribution in [3.05, 3.63) is 52.6 Å². The molecule has 1 heterocycles. The molecule has 0 spiro atoms. The predicted octanol–water partition coefficient (Wildman–Crippen LogP) is 3.05. The lowest BCUT2D eigenvalue weighted by atomic mass is 10.1. The topological polar surface area (TPSA) is 85.1 Å². The van der Waals surface area contributed by atoms with Crippen molar-refractivity contribution in [2.24, 2.45) is 5.73 Å². The maximum absolute atomic E-state index is 12.3. The average molecular weight is 370 g/mol. The number of nitrogens with two attached hydrogens (primary N) is 1. The highest BCUT2D eigenvalue weighted by atomic mass is 79.9. The summed E-state index contributed by atoms with van der Waals surface area (Å²) < 4.78 is 27.9. The van der Waals surface area contributed by atoms with Gasteiger partial charge < -0.3 is 5.73 Å². The van der Waals surface area contributed by atoms with Crippen molar-refractivity contribution in [3.63, 3.8) is 0 Å². The van der Waals surface area contributed by atoms with Gasteiger partial charge >= 0.3 is 0 Å². The molecule has 0 radical (unpaired) electrons. The highest BCUT2D eigenvalue weighted by Crippen LogP contribution is 2.20. The van der Waals surface area contributed by atoms with Gasteiger partial charge in [-0.1, -0.05) is 19.1 Å². The molecular weight excluding hydrogens is 354 g/mol. The van der Waals surface area contributed by atoms with E-state index >= 15 is 0 Å². The first-order valence-corrected chi connectivity index (χ1v) is 8.70. The Morgan fingerprint density at radius 3 is 2.71 bits per heavy atom. The molecular formula is C14H16BrN3O2S. The van der Waals surface area contributed by atoms with Gasteiger partial charge in [-0.15, -0.1) is 0 Å². The van der Waals surface area contributed by atoms with Crippen molar-refractivity contribution < 1.29 is 8.42 Å². The Morgan fingerprint density at radius 2 is 2.10 bits per heavy atom. The van der Waals surface area contributed by atoms with E-state index < -0.39 is 10.0 Å². The van der Waals surface area contributed by atoms with E-state index in [4.69, 9.17) is 5.73 Å². The molecule has 0 aliphatic heterocycles. The zero-order valence-corrected chi connectivity index (χ0v) is 13.9. The van der Waals surface area contributed by atoms with Crippen LogP contribution in [0.2, 0.25) is 0 Å². The molecule has 0 aliphatic rings. The summed E-state index contributed by atoms with van der Waals surface area (Å²) in [4.78, 5) is 4.18. The fourth-order valence-corrected chi connectivity index (χ4v) is 3.08. The lowest BCUT2D eigenvalue weighted by Crippen LogP contribution is -2.15. The van der Waals surface area contributed by atoms with Crippen molar-refractivity contribution in [2.75, 3.05) is 4.72 Å². The van der Waals surface area contributed by atoms with E-state index in [0.29, 0.717) is 0 Å². The maximum Gasteiger partial charge on any atom is 0.263 e. The molecule has 7 heteroatoms. The first-order valence-electron chi connectivity index (χ1n) is 6.42. The fourth-order valence-electron chi connectivity index (χ4n) is 1.78. The number of nitrogens with one attached hydrogen (secondary N) is 1. The van der Waals surface area contributed by atoms with E-state index in [9.17, 15) is 8.42 Å². The zero-order valence-electron chi connectivity index (χ0n) is 11.5. The molecule has 1 unspecified atom stereocenters. The summed E-state index contributed by atoms with van der Waals surface area (Å²) in [6.07, 6.45) is 2.27. The van der Waals surface area contributed by atoms with Crippen LogP contribution in [0.25, 0.3) is 0 Å². The van der Waals surface area contributed by atoms with Crippen LogP contribution < -0.4 is 10.5 Å². The molecule has 112 valence electrons. The molecule has 2 aromatic rings. The number of rotatable bonds is 5. The molecule has 3 N–H and O–H groups in total. The predicted molar refractivity (Wildman–Crippen MR) is 86.4 cm³/mol. The molecule has 5 nitrogen and oxygen atoms in total. The standard InChI is InChI=1S/C14H16BrN3O2S/c1-2-13(16)10-4-3-5-12(8-10)21(19,20)18-14-7-6-11(15)9-17-14/h3-9,13H,2,16H2,1H3,(H,17,18). The Hall–Kier alpha value is -1.44. The third-order valence-electron chi connectivity index (χ3n) is 3.00. The maximum atomic E-state index is 12.3. The number of halogens is 1. The van der Waals surface area contributed by atoms with Crippen LogP contribution in [-0.4, -0.2) is 13.4 Å². The molecule has 21 heavy (non-hydrogen) atoms. The molecule has 0 amide bonds. The molecule has 1 aromatic heterocycles. The van der Waals surface area contributed by atoms with Crippen LogP contribution in [0, 0.1) is 0 Å². The van der Waals surface area contributed by atoms with E-state index in [1.807, 2.05) is 13.0 Å². The van der Waals surface area contributed by atoms with Crippen LogP contribution in [-0.2, 0) is 10.0 Å². The number of nitrogens with zero attached hydrogens (tertiary/aromatic N) is 1. The Kier molecular flexibility index (Phi) is 4.97. The second-order valence-corrected chi connectivity index (χ2v) is 7.15. The van der Waals surface area contributed by atoms with Crippen molar-refractivity contribution in [1.29, 1.82) is 0 Å². The van der Waals surface area contributed by atoms with E-state index in [1.165, 1.54) is 12.3 Å². The second-order valence-electron chi connectivity index (χ2n) is 4.55. The van der Waals surface area contributed by atoms with Crippen molar-refractivity contribution >= 4 is 31.8 Å². The summed E-state index contributed by atoms with van der Waals surface area (Å²) in [5.41, 5.74) is 6.74. The smallest absolute Gasteiger partial charge is 0.263 e. The fraction of sp³-hybridized carbons (Fsp3) is 0.214. The monoisotopic (exact) mass is 369 g/mol. The number of benzene rings is 1. The summed E-state index contributed by atoms with van der Waals surface area (Å²) in [5, 5.41) is 0. The number of hydrogen-bond donors (Lipinski definition) is 2. The minimum atomic E-state index is -3.67. The van der Waals surface area contributed by atoms with Gasteiger partial charge in [0.05, 0.1) is 4.90 Å². The normalized spacial score (nSPS) is 12.9. The van der Waals surface area contributed by atoms with E-state index in [2.05, 4.69) is 25.6 Å². The molecule has 0 bridgehead atoms. The van der Waals surface area contributed by atoms with E-state index in [0.717, 1.165) is 16.5 Å². The first kappa shape index (κ1) is 15.9. The van der Waals surface area contributed by atoms with Gasteiger partial charge in [0, 0.05) is 16.7 Å². The van der Waals surface area contributed by atoms with Gasteiger partial charge in [0.25, 0.3) is 10.0 Å². The quantitative estimate of drug-likeness (QED) is 0.847. The summed E-state index contributed by atoms with van der Waals surface area (Å²) in [5.74, 6) is 0.267. The minimum Gasteiger partial charge on any atom is -0.324 e. The van der Waals surface area contributed by atoms with Crippen molar-refractivity contribution in [3.8, 4) is 0 Å². The van der Waals surface area contributed by atoms with Crippen LogP contribution in [0.4, 0.5) is 5.82 Å². The summed E-state index contributed by atoms with van der Waals surface area (Å²) in [6, 6.07) is 9.77. The molecule has 0 saturated heterocycles. The number of aromatic nitrogens is 1. The Labute approximate surface area is 132 Å². The Morgan fingerprint density at radius 1 is 1.33 bits per heavy atom. The molecule has 0 fully saturated rings. The molecule has 0 saturated carbocycles. The highest BCUT2D eigenvalue weighted by Gasteiger charge is 2.16. The number of anilines is 1. The number of pyridine rings is 1. The molecule has 1 atom stereocenters. The molecule has 0 aliphatic carbocycles. The highest BCUT2D eigenvalue weighted by molar-refractivity contribution is 9.10. The van der Waals surface area contributed by atoms with Crippen LogP contribution >= 0.6 is 15.9 Å². The average Bonchev–Trinajstić information content (AvgIpc) is 2.49. The summed E-state index contributed by atoms with van der Waals surface area (Å²) in [7, 11) is -3.67. The third-order valence-corrected chi connectivity index (χ3v) is 4.82. The lowest BCUT2D eigenvalue weighted by molar-refractivity contribution is 0.600. The SMILES string of the molecule is CCC(N)c1cccc(S(=O)(=O)Nc2ccc(Br)cn2)c1. The van der Waals surface area contributed by atoms with Gasteiger partial charge in [0.15, 0.2) is 0 Å². The minimum absolute atomic E-state index is 0.175. The van der Waals surface area contributed by atoms with Gasteiger partial charge in [0.1, 0.15) is 5.82 Å². The van der Waals surface area contributed by atoms with E-state index in [1.54, 1.807) is 24.3 Å². The first-order chi connectivity index (χ1) is 9.92. The van der Waals surface area contributed by atoms with Crippen LogP contribution in [0.15, 0.2) is 52.0 Å². The number of hydrogen-bond acceptors (Lipinski definition) is 4. The van der Waals surface area contributed by atoms with E-state index in [-0.39, 0.29) is 16.8 Å². The van der Waals surface area contributed by atoms with Gasteiger partial charge in [-0.3, -0.25) is 4.72 Å². The Bertz CT molecular complexity index is 717. The third kappa shape index (κ3) is 4.03. The molecule has 2 rings (SSSR count).